The normalized spacial score (nSPS) is 34.2. The largest absolute Gasteiger partial charge is 0.481 e. The molecule has 5 heteroatoms. The molecule has 2 aliphatic heterocycles. The molecule has 120 valence electrons. The van der Waals surface area contributed by atoms with Crippen LogP contribution in [0.4, 0.5) is 0 Å². The summed E-state index contributed by atoms with van der Waals surface area (Å²) in [4.78, 5) is 24.2. The summed E-state index contributed by atoms with van der Waals surface area (Å²) in [5.74, 6) is -2.61. The molecule has 0 saturated carbocycles. The number of amides is 1. The van der Waals surface area contributed by atoms with Crippen molar-refractivity contribution in [3.63, 3.8) is 0 Å². The Morgan fingerprint density at radius 1 is 1.13 bits per heavy atom. The van der Waals surface area contributed by atoms with E-state index in [0.717, 1.165) is 24.8 Å². The molecule has 2 N–H and O–H groups in total. The first-order valence-corrected chi connectivity index (χ1v) is 8.10. The summed E-state index contributed by atoms with van der Waals surface area (Å²) in [5, 5.41) is 12.5. The smallest absolute Gasteiger partial charge is 0.310 e. The zero-order chi connectivity index (χ0) is 16.0. The zero-order valence-electron chi connectivity index (χ0n) is 12.6. The number of carbonyl (C=O) groups is 2. The second kappa shape index (κ2) is 5.49. The van der Waals surface area contributed by atoms with Gasteiger partial charge in [0.25, 0.3) is 0 Å². The van der Waals surface area contributed by atoms with E-state index in [1.54, 1.807) is 6.08 Å². The van der Waals surface area contributed by atoms with Crippen LogP contribution in [0.5, 0.6) is 0 Å². The fraction of sp³-hybridized carbons (Fsp3) is 0.444. The van der Waals surface area contributed by atoms with E-state index >= 15 is 0 Å². The summed E-state index contributed by atoms with van der Waals surface area (Å²) >= 11 is 0. The summed E-state index contributed by atoms with van der Waals surface area (Å²) < 4.78 is 5.59. The second-order valence-electron chi connectivity index (χ2n) is 6.49. The Balaban J connectivity index is 1.55. The second-order valence-corrected chi connectivity index (χ2v) is 6.49. The van der Waals surface area contributed by atoms with Crippen LogP contribution >= 0.6 is 0 Å². The van der Waals surface area contributed by atoms with E-state index in [-0.39, 0.29) is 11.9 Å². The number of aryl methyl sites for hydroxylation is 1. The summed E-state index contributed by atoms with van der Waals surface area (Å²) in [6.45, 7) is 0. The van der Waals surface area contributed by atoms with Gasteiger partial charge in [0, 0.05) is 0 Å². The fourth-order valence-corrected chi connectivity index (χ4v) is 4.09. The van der Waals surface area contributed by atoms with Gasteiger partial charge in [0.15, 0.2) is 0 Å². The molecule has 0 spiro atoms. The highest BCUT2D eigenvalue weighted by molar-refractivity contribution is 5.87. The Hall–Kier alpha value is -2.14. The van der Waals surface area contributed by atoms with Crippen LogP contribution in [0, 0.1) is 11.8 Å². The maximum Gasteiger partial charge on any atom is 0.310 e. The lowest BCUT2D eigenvalue weighted by atomic mass is 9.81. The van der Waals surface area contributed by atoms with Crippen molar-refractivity contribution in [1.29, 1.82) is 0 Å². The molecule has 0 unspecified atom stereocenters. The van der Waals surface area contributed by atoms with Gasteiger partial charge < -0.3 is 15.2 Å². The number of rotatable bonds is 3. The van der Waals surface area contributed by atoms with Crippen LogP contribution in [-0.2, 0) is 20.7 Å². The molecule has 23 heavy (non-hydrogen) atoms. The van der Waals surface area contributed by atoms with Crippen LogP contribution < -0.4 is 5.32 Å². The highest BCUT2D eigenvalue weighted by Gasteiger charge is 2.53. The van der Waals surface area contributed by atoms with E-state index in [2.05, 4.69) is 11.4 Å². The number of hydrogen-bond acceptors (Lipinski definition) is 3. The average Bonchev–Trinajstić information content (AvgIpc) is 3.16. The standard InChI is InChI=1S/C18H19NO4/c20-17(15-13-8-9-14(23-13)16(15)18(21)22)19-12-7-3-5-10-4-1-2-6-11(10)12/h1-2,4,6,8-9,12-16H,3,5,7H2,(H,19,20)(H,21,22)/t12-,13-,14-,15+,16-/m1/s1. The minimum absolute atomic E-state index is 0.0370. The van der Waals surface area contributed by atoms with Crippen LogP contribution in [-0.4, -0.2) is 29.2 Å². The monoisotopic (exact) mass is 313 g/mol. The maximum absolute atomic E-state index is 12.7. The topological polar surface area (TPSA) is 75.6 Å². The van der Waals surface area contributed by atoms with Gasteiger partial charge in [-0.2, -0.15) is 0 Å². The lowest BCUT2D eigenvalue weighted by molar-refractivity contribution is -0.146. The van der Waals surface area contributed by atoms with Crippen molar-refractivity contribution in [2.75, 3.05) is 0 Å². The molecule has 0 aromatic heterocycles. The summed E-state index contributed by atoms with van der Waals surface area (Å²) in [6, 6.07) is 8.10. The van der Waals surface area contributed by atoms with Crippen molar-refractivity contribution < 1.29 is 19.4 Å². The molecule has 1 saturated heterocycles. The van der Waals surface area contributed by atoms with E-state index in [9.17, 15) is 14.7 Å². The Labute approximate surface area is 134 Å². The molecular weight excluding hydrogens is 294 g/mol. The minimum Gasteiger partial charge on any atom is -0.481 e. The van der Waals surface area contributed by atoms with E-state index < -0.39 is 30.0 Å². The number of benzene rings is 1. The number of fused-ring (bicyclic) bond motifs is 3. The molecule has 2 heterocycles. The molecule has 4 rings (SSSR count). The van der Waals surface area contributed by atoms with Crippen LogP contribution in [0.15, 0.2) is 36.4 Å². The van der Waals surface area contributed by atoms with Crippen LogP contribution in [0.1, 0.15) is 30.0 Å². The van der Waals surface area contributed by atoms with Gasteiger partial charge in [0.2, 0.25) is 5.91 Å². The van der Waals surface area contributed by atoms with Crippen molar-refractivity contribution in [2.24, 2.45) is 11.8 Å². The average molecular weight is 313 g/mol. The molecule has 5 atom stereocenters. The van der Waals surface area contributed by atoms with Gasteiger partial charge in [-0.05, 0) is 30.4 Å². The number of carbonyl (C=O) groups excluding carboxylic acids is 1. The highest BCUT2D eigenvalue weighted by atomic mass is 16.5. The fourth-order valence-electron chi connectivity index (χ4n) is 4.09. The van der Waals surface area contributed by atoms with Gasteiger partial charge in [0.1, 0.15) is 5.92 Å². The van der Waals surface area contributed by atoms with Crippen LogP contribution in [0.3, 0.4) is 0 Å². The summed E-state index contributed by atoms with van der Waals surface area (Å²) in [6.07, 6.45) is 5.61. The Bertz CT molecular complexity index is 683. The van der Waals surface area contributed by atoms with E-state index in [0.29, 0.717) is 0 Å². The molecule has 5 nitrogen and oxygen atoms in total. The number of hydrogen-bond donors (Lipinski definition) is 2. The Kier molecular flexibility index (Phi) is 3.45. The van der Waals surface area contributed by atoms with Gasteiger partial charge >= 0.3 is 5.97 Å². The van der Waals surface area contributed by atoms with Crippen molar-refractivity contribution >= 4 is 11.9 Å². The van der Waals surface area contributed by atoms with Crippen LogP contribution in [0.25, 0.3) is 0 Å². The van der Waals surface area contributed by atoms with Gasteiger partial charge in [0.05, 0.1) is 24.2 Å². The van der Waals surface area contributed by atoms with Crippen molar-refractivity contribution in [3.05, 3.63) is 47.5 Å². The van der Waals surface area contributed by atoms with Crippen LogP contribution in [0.2, 0.25) is 0 Å². The third-order valence-corrected chi connectivity index (χ3v) is 5.17. The van der Waals surface area contributed by atoms with Crippen molar-refractivity contribution in [2.45, 2.75) is 37.5 Å². The first-order valence-electron chi connectivity index (χ1n) is 8.10. The molecule has 1 fully saturated rings. The summed E-state index contributed by atoms with van der Waals surface area (Å²) in [5.41, 5.74) is 2.42. The predicted molar refractivity (Wildman–Crippen MR) is 82.7 cm³/mol. The third-order valence-electron chi connectivity index (χ3n) is 5.17. The molecule has 0 radical (unpaired) electrons. The molecule has 1 aromatic carbocycles. The van der Waals surface area contributed by atoms with E-state index in [1.807, 2.05) is 24.3 Å². The van der Waals surface area contributed by atoms with Gasteiger partial charge in [-0.3, -0.25) is 9.59 Å². The van der Waals surface area contributed by atoms with Gasteiger partial charge in [-0.15, -0.1) is 0 Å². The van der Waals surface area contributed by atoms with Gasteiger partial charge in [-0.25, -0.2) is 0 Å². The molecule has 1 amide bonds. The molecule has 1 aliphatic carbocycles. The highest BCUT2D eigenvalue weighted by Crippen LogP contribution is 2.40. The SMILES string of the molecule is O=C(N[C@@H]1CCCc2ccccc21)[C@@H]1[C@H](C(=O)O)[C@H]2C=C[C@H]1O2. The van der Waals surface area contributed by atoms with Crippen molar-refractivity contribution in [3.8, 4) is 0 Å². The van der Waals surface area contributed by atoms with E-state index in [4.69, 9.17) is 4.74 Å². The lowest BCUT2D eigenvalue weighted by Gasteiger charge is -2.29. The minimum atomic E-state index is -0.967. The summed E-state index contributed by atoms with van der Waals surface area (Å²) in [7, 11) is 0. The quantitative estimate of drug-likeness (QED) is 0.835. The predicted octanol–water partition coefficient (Wildman–Crippen LogP) is 1.83. The third kappa shape index (κ3) is 2.36. The number of nitrogens with one attached hydrogen (secondary N) is 1. The number of carboxylic acids is 1. The van der Waals surface area contributed by atoms with E-state index in [1.165, 1.54) is 5.56 Å². The number of ether oxygens (including phenoxy) is 1. The molecular formula is C18H19NO4. The number of aliphatic carboxylic acids is 1. The first kappa shape index (κ1) is 14.5. The Morgan fingerprint density at radius 2 is 1.87 bits per heavy atom. The number of carboxylic acid groups (broad SMARTS) is 1. The molecule has 3 aliphatic rings. The van der Waals surface area contributed by atoms with Gasteiger partial charge in [-0.1, -0.05) is 36.4 Å². The first-order chi connectivity index (χ1) is 11.1. The molecule has 2 bridgehead atoms. The maximum atomic E-state index is 12.7. The molecule has 1 aromatic rings. The Morgan fingerprint density at radius 3 is 2.65 bits per heavy atom. The zero-order valence-corrected chi connectivity index (χ0v) is 12.6. The van der Waals surface area contributed by atoms with Crippen molar-refractivity contribution in [1.82, 2.24) is 5.32 Å². The lowest BCUT2D eigenvalue weighted by Crippen LogP contribution is -2.44.